The summed E-state index contributed by atoms with van der Waals surface area (Å²) in [7, 11) is 0. The van der Waals surface area contributed by atoms with Crippen LogP contribution in [0.2, 0.25) is 0 Å². The Kier molecular flexibility index (Phi) is 4.07. The third-order valence-corrected chi connectivity index (χ3v) is 5.97. The van der Waals surface area contributed by atoms with Crippen LogP contribution in [0.1, 0.15) is 38.3 Å². The van der Waals surface area contributed by atoms with Crippen molar-refractivity contribution in [3.63, 3.8) is 0 Å². The summed E-state index contributed by atoms with van der Waals surface area (Å²) >= 11 is 1.59. The highest BCUT2D eigenvalue weighted by atomic mass is 32.1. The Hall–Kier alpha value is -1.46. The molecule has 2 aromatic rings. The first-order chi connectivity index (χ1) is 11.2. The van der Waals surface area contributed by atoms with Gasteiger partial charge in [-0.1, -0.05) is 18.2 Å². The van der Waals surface area contributed by atoms with Crippen molar-refractivity contribution in [2.24, 2.45) is 0 Å². The lowest BCUT2D eigenvalue weighted by Crippen LogP contribution is -2.43. The molecule has 0 N–H and O–H groups in total. The van der Waals surface area contributed by atoms with E-state index in [1.807, 2.05) is 0 Å². The minimum absolute atomic E-state index is 0.235. The number of nitrogens with zero attached hydrogens (tertiary/aromatic N) is 3. The van der Waals surface area contributed by atoms with Gasteiger partial charge >= 0.3 is 0 Å². The lowest BCUT2D eigenvalue weighted by molar-refractivity contribution is -0.130. The lowest BCUT2D eigenvalue weighted by atomic mass is 10.1. The first kappa shape index (κ1) is 15.1. The summed E-state index contributed by atoms with van der Waals surface area (Å²) in [4.78, 5) is 16.5. The van der Waals surface area contributed by atoms with E-state index in [0.717, 1.165) is 19.6 Å². The highest BCUT2D eigenvalue weighted by molar-refractivity contribution is 7.13. The zero-order valence-corrected chi connectivity index (χ0v) is 14.4. The van der Waals surface area contributed by atoms with Crippen molar-refractivity contribution in [1.82, 2.24) is 14.2 Å². The molecule has 1 aliphatic carbocycles. The van der Waals surface area contributed by atoms with Gasteiger partial charge in [-0.2, -0.15) is 4.37 Å². The SMILES string of the molecule is CC(=O)N(CC1CCCN1Cc1nsc2ccccc12)C1CC1. The van der Waals surface area contributed by atoms with Gasteiger partial charge in [-0.15, -0.1) is 0 Å². The Bertz CT molecular complexity index is 709. The van der Waals surface area contributed by atoms with Crippen LogP contribution in [0.4, 0.5) is 0 Å². The molecule has 1 atom stereocenters. The second kappa shape index (κ2) is 6.21. The first-order valence-electron chi connectivity index (χ1n) is 8.57. The molecule has 23 heavy (non-hydrogen) atoms. The molecular weight excluding hydrogens is 306 g/mol. The minimum atomic E-state index is 0.235. The molecule has 122 valence electrons. The molecule has 4 rings (SSSR count). The van der Waals surface area contributed by atoms with Gasteiger partial charge in [0, 0.05) is 37.5 Å². The van der Waals surface area contributed by atoms with Gasteiger partial charge in [0.2, 0.25) is 5.91 Å². The van der Waals surface area contributed by atoms with Gasteiger partial charge in [0.15, 0.2) is 0 Å². The van der Waals surface area contributed by atoms with Crippen LogP contribution in [0, 0.1) is 0 Å². The van der Waals surface area contributed by atoms with E-state index in [4.69, 9.17) is 0 Å². The van der Waals surface area contributed by atoms with E-state index in [2.05, 4.69) is 38.4 Å². The lowest BCUT2D eigenvalue weighted by Gasteiger charge is -2.30. The van der Waals surface area contributed by atoms with E-state index < -0.39 is 0 Å². The molecule has 2 heterocycles. The summed E-state index contributed by atoms with van der Waals surface area (Å²) in [6.07, 6.45) is 4.79. The fraction of sp³-hybridized carbons (Fsp3) is 0.556. The van der Waals surface area contributed by atoms with Gasteiger partial charge in [-0.25, -0.2) is 0 Å². The number of carbonyl (C=O) groups is 1. The topological polar surface area (TPSA) is 36.4 Å². The predicted octanol–water partition coefficient (Wildman–Crippen LogP) is 3.27. The number of aromatic nitrogens is 1. The molecule has 1 aromatic carbocycles. The Labute approximate surface area is 141 Å². The third kappa shape index (κ3) is 3.12. The maximum absolute atomic E-state index is 11.9. The normalized spacial score (nSPS) is 21.9. The van der Waals surface area contributed by atoms with Gasteiger partial charge in [0.25, 0.3) is 0 Å². The molecule has 2 fully saturated rings. The van der Waals surface area contributed by atoms with Crippen molar-refractivity contribution >= 4 is 27.5 Å². The van der Waals surface area contributed by atoms with E-state index in [9.17, 15) is 4.79 Å². The maximum atomic E-state index is 11.9. The highest BCUT2D eigenvalue weighted by Crippen LogP contribution is 2.30. The zero-order valence-electron chi connectivity index (χ0n) is 13.6. The summed E-state index contributed by atoms with van der Waals surface area (Å²) in [5, 5.41) is 1.29. The second-order valence-electron chi connectivity index (χ2n) is 6.79. The quantitative estimate of drug-likeness (QED) is 0.845. The zero-order chi connectivity index (χ0) is 15.8. The van der Waals surface area contributed by atoms with Crippen LogP contribution in [0.25, 0.3) is 10.1 Å². The molecule has 4 nitrogen and oxygen atoms in total. The molecule has 1 unspecified atom stereocenters. The fourth-order valence-corrected chi connectivity index (χ4v) is 4.49. The standard InChI is InChI=1S/C18H23N3OS/c1-13(22)21(14-8-9-14)11-15-5-4-10-20(15)12-17-16-6-2-3-7-18(16)23-19-17/h2-3,6-7,14-15H,4-5,8-12H2,1H3. The van der Waals surface area contributed by atoms with Crippen molar-refractivity contribution in [2.75, 3.05) is 13.1 Å². The molecule has 1 aliphatic heterocycles. The largest absolute Gasteiger partial charge is 0.338 e. The molecule has 1 amide bonds. The molecule has 0 bridgehead atoms. The van der Waals surface area contributed by atoms with E-state index in [1.54, 1.807) is 18.5 Å². The van der Waals surface area contributed by atoms with E-state index in [0.29, 0.717) is 12.1 Å². The van der Waals surface area contributed by atoms with Gasteiger partial charge in [0.05, 0.1) is 10.4 Å². The van der Waals surface area contributed by atoms with Gasteiger partial charge in [-0.05, 0) is 49.8 Å². The Morgan fingerprint density at radius 1 is 1.35 bits per heavy atom. The van der Waals surface area contributed by atoms with Crippen LogP contribution in [0.5, 0.6) is 0 Å². The van der Waals surface area contributed by atoms with Crippen LogP contribution < -0.4 is 0 Å². The molecule has 1 saturated heterocycles. The Morgan fingerprint density at radius 2 is 2.17 bits per heavy atom. The van der Waals surface area contributed by atoms with E-state index >= 15 is 0 Å². The number of amides is 1. The molecule has 0 radical (unpaired) electrons. The van der Waals surface area contributed by atoms with Crippen LogP contribution in [0.3, 0.4) is 0 Å². The fourth-order valence-electron chi connectivity index (χ4n) is 3.70. The van der Waals surface area contributed by atoms with E-state index in [-0.39, 0.29) is 5.91 Å². The number of rotatable bonds is 5. The number of benzene rings is 1. The molecule has 2 aliphatic rings. The average Bonchev–Trinajstić information content (AvgIpc) is 3.16. The van der Waals surface area contributed by atoms with Crippen molar-refractivity contribution in [3.05, 3.63) is 30.0 Å². The highest BCUT2D eigenvalue weighted by Gasteiger charge is 2.35. The van der Waals surface area contributed by atoms with Gasteiger partial charge < -0.3 is 4.90 Å². The van der Waals surface area contributed by atoms with Crippen LogP contribution in [-0.2, 0) is 11.3 Å². The summed E-state index contributed by atoms with van der Waals surface area (Å²) in [5.74, 6) is 0.235. The number of hydrogen-bond acceptors (Lipinski definition) is 4. The monoisotopic (exact) mass is 329 g/mol. The van der Waals surface area contributed by atoms with Crippen LogP contribution in [-0.4, -0.2) is 45.3 Å². The molecule has 5 heteroatoms. The maximum Gasteiger partial charge on any atom is 0.219 e. The molecule has 1 saturated carbocycles. The number of hydrogen-bond donors (Lipinski definition) is 0. The summed E-state index contributed by atoms with van der Waals surface area (Å²) < 4.78 is 5.94. The average molecular weight is 329 g/mol. The number of likely N-dealkylation sites (tertiary alicyclic amines) is 1. The summed E-state index contributed by atoms with van der Waals surface area (Å²) in [6.45, 7) is 4.63. The Morgan fingerprint density at radius 3 is 2.96 bits per heavy atom. The number of fused-ring (bicyclic) bond motifs is 1. The van der Waals surface area contributed by atoms with Crippen molar-refractivity contribution < 1.29 is 4.79 Å². The van der Waals surface area contributed by atoms with Gasteiger partial charge in [0.1, 0.15) is 0 Å². The molecule has 0 spiro atoms. The van der Waals surface area contributed by atoms with Gasteiger partial charge in [-0.3, -0.25) is 9.69 Å². The number of carbonyl (C=O) groups excluding carboxylic acids is 1. The van der Waals surface area contributed by atoms with Crippen molar-refractivity contribution in [2.45, 2.75) is 51.2 Å². The molecule has 1 aromatic heterocycles. The minimum Gasteiger partial charge on any atom is -0.338 e. The van der Waals surface area contributed by atoms with E-state index in [1.165, 1.54) is 41.5 Å². The second-order valence-corrected chi connectivity index (χ2v) is 7.60. The van der Waals surface area contributed by atoms with Crippen molar-refractivity contribution in [3.8, 4) is 0 Å². The van der Waals surface area contributed by atoms with Crippen LogP contribution >= 0.6 is 11.5 Å². The third-order valence-electron chi connectivity index (χ3n) is 5.10. The summed E-state index contributed by atoms with van der Waals surface area (Å²) in [5.41, 5.74) is 1.19. The van der Waals surface area contributed by atoms with Crippen molar-refractivity contribution in [1.29, 1.82) is 0 Å². The Balaban J connectivity index is 1.48. The summed E-state index contributed by atoms with van der Waals surface area (Å²) in [6, 6.07) is 9.47. The smallest absolute Gasteiger partial charge is 0.219 e. The predicted molar refractivity (Wildman–Crippen MR) is 93.5 cm³/mol. The van der Waals surface area contributed by atoms with Crippen LogP contribution in [0.15, 0.2) is 24.3 Å². The molecular formula is C18H23N3OS. The first-order valence-corrected chi connectivity index (χ1v) is 9.34.